The van der Waals surface area contributed by atoms with Gasteiger partial charge in [0.05, 0.1) is 0 Å². The van der Waals surface area contributed by atoms with Crippen LogP contribution in [0.3, 0.4) is 0 Å². The first-order valence-corrected chi connectivity index (χ1v) is 7.01. The van der Waals surface area contributed by atoms with Crippen molar-refractivity contribution in [3.05, 3.63) is 29.8 Å². The maximum Gasteiger partial charge on any atom is 0.251 e. The van der Waals surface area contributed by atoms with Gasteiger partial charge in [0.1, 0.15) is 0 Å². The Balaban J connectivity index is 1.93. The van der Waals surface area contributed by atoms with Crippen molar-refractivity contribution in [3.63, 3.8) is 0 Å². The van der Waals surface area contributed by atoms with Gasteiger partial charge >= 0.3 is 0 Å². The number of nitrogens with one attached hydrogen (secondary N) is 2. The summed E-state index contributed by atoms with van der Waals surface area (Å²) in [6.07, 6.45) is 1.70. The summed E-state index contributed by atoms with van der Waals surface area (Å²) in [7, 11) is 0. The number of hydrogen-bond donors (Lipinski definition) is 3. The second-order valence-electron chi connectivity index (χ2n) is 5.29. The minimum atomic E-state index is -0.144. The van der Waals surface area contributed by atoms with Crippen LogP contribution in [0.2, 0.25) is 0 Å². The van der Waals surface area contributed by atoms with Crippen molar-refractivity contribution in [2.24, 2.45) is 17.6 Å². The summed E-state index contributed by atoms with van der Waals surface area (Å²) in [4.78, 5) is 23.7. The molecule has 5 nitrogen and oxygen atoms in total. The van der Waals surface area contributed by atoms with Crippen LogP contribution in [0.4, 0.5) is 5.69 Å². The Morgan fingerprint density at radius 1 is 1.40 bits per heavy atom. The predicted octanol–water partition coefficient (Wildman–Crippen LogP) is 1.36. The monoisotopic (exact) mass is 275 g/mol. The molecule has 1 fully saturated rings. The summed E-state index contributed by atoms with van der Waals surface area (Å²) in [5.74, 6) is 0.488. The predicted molar refractivity (Wildman–Crippen MR) is 78.3 cm³/mol. The Hall–Kier alpha value is -1.88. The summed E-state index contributed by atoms with van der Waals surface area (Å²) in [5, 5.41) is 5.65. The van der Waals surface area contributed by atoms with Crippen LogP contribution < -0.4 is 16.4 Å². The summed E-state index contributed by atoms with van der Waals surface area (Å²) in [6.45, 7) is 3.17. The van der Waals surface area contributed by atoms with E-state index in [1.807, 2.05) is 0 Å². The Kier molecular flexibility index (Phi) is 4.74. The van der Waals surface area contributed by atoms with Gasteiger partial charge in [-0.2, -0.15) is 0 Å². The van der Waals surface area contributed by atoms with Crippen molar-refractivity contribution in [2.75, 3.05) is 18.4 Å². The minimum Gasteiger partial charge on any atom is -0.352 e. The molecule has 1 aromatic rings. The van der Waals surface area contributed by atoms with Gasteiger partial charge in [0.15, 0.2) is 0 Å². The highest BCUT2D eigenvalue weighted by molar-refractivity contribution is 5.98. The third-order valence-corrected chi connectivity index (χ3v) is 3.51. The van der Waals surface area contributed by atoms with Crippen LogP contribution in [0.15, 0.2) is 24.3 Å². The number of carbonyl (C=O) groups excluding carboxylic acids is 2. The Morgan fingerprint density at radius 3 is 2.80 bits per heavy atom. The number of nitrogens with two attached hydrogens (primary N) is 1. The molecule has 0 aliphatic heterocycles. The first kappa shape index (κ1) is 14.5. The fourth-order valence-corrected chi connectivity index (χ4v) is 2.07. The highest BCUT2D eigenvalue weighted by atomic mass is 16.2. The molecule has 1 aliphatic carbocycles. The number of benzene rings is 1. The molecule has 20 heavy (non-hydrogen) atoms. The van der Waals surface area contributed by atoms with E-state index in [1.54, 1.807) is 24.3 Å². The van der Waals surface area contributed by atoms with Crippen molar-refractivity contribution >= 4 is 17.5 Å². The van der Waals surface area contributed by atoms with Crippen LogP contribution in [0.5, 0.6) is 0 Å². The molecular weight excluding hydrogens is 254 g/mol. The third kappa shape index (κ3) is 3.81. The molecule has 4 N–H and O–H groups in total. The maximum atomic E-state index is 11.9. The summed E-state index contributed by atoms with van der Waals surface area (Å²) >= 11 is 0. The lowest BCUT2D eigenvalue weighted by Gasteiger charge is -2.08. The second-order valence-corrected chi connectivity index (χ2v) is 5.29. The quantitative estimate of drug-likeness (QED) is 0.685. The number of anilines is 1. The van der Waals surface area contributed by atoms with Crippen molar-refractivity contribution in [3.8, 4) is 0 Å². The molecule has 5 heteroatoms. The maximum absolute atomic E-state index is 11.9. The lowest BCUT2D eigenvalue weighted by atomic mass is 10.2. The van der Waals surface area contributed by atoms with Gasteiger partial charge in [0, 0.05) is 23.7 Å². The van der Waals surface area contributed by atoms with Crippen LogP contribution in [0, 0.1) is 11.8 Å². The molecule has 1 aromatic carbocycles. The zero-order valence-electron chi connectivity index (χ0n) is 11.7. The molecule has 1 saturated carbocycles. The van der Waals surface area contributed by atoms with Gasteiger partial charge in [-0.3, -0.25) is 9.59 Å². The molecular formula is C15H21N3O2. The third-order valence-electron chi connectivity index (χ3n) is 3.51. The molecule has 2 amide bonds. The van der Waals surface area contributed by atoms with E-state index in [1.165, 1.54) is 0 Å². The molecule has 0 heterocycles. The molecule has 2 atom stereocenters. The molecule has 0 spiro atoms. The average Bonchev–Trinajstić information content (AvgIpc) is 3.16. The Labute approximate surface area is 118 Å². The average molecular weight is 275 g/mol. The molecule has 0 aromatic heterocycles. The van der Waals surface area contributed by atoms with Gasteiger partial charge in [0.25, 0.3) is 5.91 Å². The van der Waals surface area contributed by atoms with Crippen LogP contribution in [-0.2, 0) is 4.79 Å². The van der Waals surface area contributed by atoms with E-state index in [2.05, 4.69) is 17.6 Å². The molecule has 0 saturated heterocycles. The van der Waals surface area contributed by atoms with Crippen LogP contribution in [0.1, 0.15) is 30.1 Å². The van der Waals surface area contributed by atoms with Gasteiger partial charge in [-0.1, -0.05) is 13.0 Å². The van der Waals surface area contributed by atoms with E-state index in [9.17, 15) is 9.59 Å². The highest BCUT2D eigenvalue weighted by Gasteiger charge is 2.39. The van der Waals surface area contributed by atoms with Crippen LogP contribution in [0.25, 0.3) is 0 Å². The Morgan fingerprint density at radius 2 is 2.15 bits per heavy atom. The molecule has 2 unspecified atom stereocenters. The summed E-state index contributed by atoms with van der Waals surface area (Å²) in [5.41, 5.74) is 6.59. The summed E-state index contributed by atoms with van der Waals surface area (Å²) in [6, 6.07) is 6.99. The largest absolute Gasteiger partial charge is 0.352 e. The standard InChI is InChI=1S/C15H21N3O2/c1-10-8-13(10)15(20)18-12-5-2-4-11(9-12)14(19)17-7-3-6-16/h2,4-5,9-10,13H,3,6-8,16H2,1H3,(H,17,19)(H,18,20). The first-order valence-electron chi connectivity index (χ1n) is 7.01. The number of rotatable bonds is 6. The Bertz CT molecular complexity index is 502. The number of hydrogen-bond acceptors (Lipinski definition) is 3. The van der Waals surface area contributed by atoms with Crippen molar-refractivity contribution in [1.29, 1.82) is 0 Å². The van der Waals surface area contributed by atoms with Gasteiger partial charge in [0.2, 0.25) is 5.91 Å². The lowest BCUT2D eigenvalue weighted by Crippen LogP contribution is -2.26. The van der Waals surface area contributed by atoms with Crippen molar-refractivity contribution in [1.82, 2.24) is 5.32 Å². The zero-order chi connectivity index (χ0) is 14.5. The van der Waals surface area contributed by atoms with Crippen molar-refractivity contribution in [2.45, 2.75) is 19.8 Å². The zero-order valence-corrected chi connectivity index (χ0v) is 11.7. The second kappa shape index (κ2) is 6.52. The van der Waals surface area contributed by atoms with Gasteiger partial charge in [-0.25, -0.2) is 0 Å². The normalized spacial score (nSPS) is 20.3. The molecule has 0 radical (unpaired) electrons. The van der Waals surface area contributed by atoms with Gasteiger partial charge in [-0.15, -0.1) is 0 Å². The number of amides is 2. The van der Waals surface area contributed by atoms with Crippen molar-refractivity contribution < 1.29 is 9.59 Å². The van der Waals surface area contributed by atoms with Crippen LogP contribution in [-0.4, -0.2) is 24.9 Å². The summed E-state index contributed by atoms with van der Waals surface area (Å²) < 4.78 is 0. The lowest BCUT2D eigenvalue weighted by molar-refractivity contribution is -0.117. The van der Waals surface area contributed by atoms with E-state index in [0.717, 1.165) is 12.8 Å². The van der Waals surface area contributed by atoms with E-state index in [4.69, 9.17) is 5.73 Å². The van der Waals surface area contributed by atoms with Crippen LogP contribution >= 0.6 is 0 Å². The van der Waals surface area contributed by atoms with E-state index in [-0.39, 0.29) is 17.7 Å². The molecule has 108 valence electrons. The number of carbonyl (C=O) groups is 2. The fourth-order valence-electron chi connectivity index (χ4n) is 2.07. The molecule has 1 aliphatic rings. The SMILES string of the molecule is CC1CC1C(=O)Nc1cccc(C(=O)NCCCN)c1. The van der Waals surface area contributed by atoms with Gasteiger partial charge in [-0.05, 0) is 43.5 Å². The fraction of sp³-hybridized carbons (Fsp3) is 0.467. The van der Waals surface area contributed by atoms with Gasteiger partial charge < -0.3 is 16.4 Å². The minimum absolute atomic E-state index is 0.0400. The molecule has 2 rings (SSSR count). The highest BCUT2D eigenvalue weighted by Crippen LogP contribution is 2.38. The smallest absolute Gasteiger partial charge is 0.251 e. The van der Waals surface area contributed by atoms with E-state index in [0.29, 0.717) is 30.3 Å². The topological polar surface area (TPSA) is 84.2 Å². The van der Waals surface area contributed by atoms with E-state index >= 15 is 0 Å². The molecule has 0 bridgehead atoms. The van der Waals surface area contributed by atoms with E-state index < -0.39 is 0 Å². The first-order chi connectivity index (χ1) is 9.61.